The monoisotopic (exact) mass is 975 g/mol. The summed E-state index contributed by atoms with van der Waals surface area (Å²) < 4.78 is 15.1. The molecule has 6 heterocycles. The molecule has 2 N–H and O–H groups in total. The first-order valence-electron chi connectivity index (χ1n) is 23.9. The average Bonchev–Trinajstić information content (AvgIpc) is 4.17. The number of pyridine rings is 2. The highest BCUT2D eigenvalue weighted by atomic mass is 32.1. The third kappa shape index (κ3) is 10.6. The van der Waals surface area contributed by atoms with Crippen molar-refractivity contribution in [2.75, 3.05) is 50.0 Å². The van der Waals surface area contributed by atoms with E-state index >= 15 is 0 Å². The smallest absolute Gasteiger partial charge is 0.263 e. The molecule has 0 spiro atoms. The van der Waals surface area contributed by atoms with Gasteiger partial charge in [-0.2, -0.15) is 4.98 Å². The van der Waals surface area contributed by atoms with E-state index in [2.05, 4.69) is 30.5 Å². The zero-order chi connectivity index (χ0) is 49.8. The summed E-state index contributed by atoms with van der Waals surface area (Å²) in [5.41, 5.74) is 2.36. The lowest BCUT2D eigenvalue weighted by Gasteiger charge is -2.36. The Labute approximate surface area is 408 Å². The van der Waals surface area contributed by atoms with Crippen LogP contribution in [0.15, 0.2) is 59.0 Å². The fourth-order valence-electron chi connectivity index (χ4n) is 9.63. The van der Waals surface area contributed by atoms with Crippen LogP contribution in [0.3, 0.4) is 0 Å². The van der Waals surface area contributed by atoms with E-state index in [9.17, 15) is 38.0 Å². The van der Waals surface area contributed by atoms with Crippen LogP contribution in [0.5, 0.6) is 0 Å². The van der Waals surface area contributed by atoms with Crippen LogP contribution < -0.4 is 21.1 Å². The predicted octanol–water partition coefficient (Wildman–Crippen LogP) is 5.92. The van der Waals surface area contributed by atoms with Crippen LogP contribution in [-0.2, 0) is 19.2 Å². The standard InChI is InChI=1S/C50H58FN11O7S/c1-29-37-27-53-50(57-45(37)62(35-10-6-7-11-35)49(69)43(29)32(4)63)56-40-20-19-36(26-52-40)59-22-24-60(25-23-59)42(65)14-8-13-41(64)58(5)31(3)46(67)54-30(2)48(68)61-21-9-12-39(61)47-55-38(28-70-47)44(66)33-15-17-34(51)18-16-33/h15-20,26-28,30-31,35,39H,6-14,21-25H2,1-5H3,(H,54,67)(H,52,53,56,57)/t30-,31-,39-/m0/s1. The number of carbonyl (C=O) groups is 6. The van der Waals surface area contributed by atoms with Gasteiger partial charge in [-0.25, -0.2) is 19.3 Å². The van der Waals surface area contributed by atoms with Crippen molar-refractivity contribution in [2.45, 2.75) is 110 Å². The first-order valence-corrected chi connectivity index (χ1v) is 24.8. The number of anilines is 3. The number of benzene rings is 1. The van der Waals surface area contributed by atoms with Gasteiger partial charge in [0.2, 0.25) is 35.4 Å². The fourth-order valence-corrected chi connectivity index (χ4v) is 10.6. The van der Waals surface area contributed by atoms with Crippen LogP contribution in [0.25, 0.3) is 11.0 Å². The molecule has 2 aliphatic heterocycles. The molecule has 70 heavy (non-hydrogen) atoms. The SMILES string of the molecule is CC(=O)c1c(C)c2cnc(Nc3ccc(N4CCN(C(=O)CCCC(=O)N(C)[C@@H](C)C(=O)N[C@@H](C)C(=O)N5CCC[C@H]5c5nc(C(=O)c6ccc(F)cc6)cs5)CC4)cn3)nc2n(C2CCCC2)c1=O. The minimum absolute atomic E-state index is 0.0322. The largest absolute Gasteiger partial charge is 0.367 e. The van der Waals surface area contributed by atoms with Crippen molar-refractivity contribution in [3.05, 3.63) is 97.7 Å². The third-order valence-electron chi connectivity index (χ3n) is 13.8. The number of piperazine rings is 1. The van der Waals surface area contributed by atoms with Crippen LogP contribution in [0.2, 0.25) is 0 Å². The number of likely N-dealkylation sites (tertiary alicyclic amines) is 1. The number of hydrogen-bond donors (Lipinski definition) is 2. The molecule has 0 radical (unpaired) electrons. The minimum atomic E-state index is -0.888. The van der Waals surface area contributed by atoms with Crippen molar-refractivity contribution in [1.82, 2.24) is 44.5 Å². The summed E-state index contributed by atoms with van der Waals surface area (Å²) in [6, 6.07) is 6.84. The van der Waals surface area contributed by atoms with E-state index in [-0.39, 0.29) is 77.0 Å². The molecule has 8 rings (SSSR count). The lowest BCUT2D eigenvalue weighted by Crippen LogP contribution is -2.52. The summed E-state index contributed by atoms with van der Waals surface area (Å²) in [5, 5.41) is 8.83. The molecular weight excluding hydrogens is 918 g/mol. The van der Waals surface area contributed by atoms with E-state index in [4.69, 9.17) is 4.98 Å². The normalized spacial score (nSPS) is 17.1. The molecule has 1 aliphatic carbocycles. The number of nitrogens with zero attached hydrogens (tertiary/aromatic N) is 9. The van der Waals surface area contributed by atoms with E-state index < -0.39 is 23.8 Å². The Morgan fingerprint density at radius 3 is 2.30 bits per heavy atom. The summed E-state index contributed by atoms with van der Waals surface area (Å²) in [4.78, 5) is 118. The Bertz CT molecular complexity index is 2860. The highest BCUT2D eigenvalue weighted by Crippen LogP contribution is 2.35. The molecule has 3 atom stereocenters. The minimum Gasteiger partial charge on any atom is -0.367 e. The second-order valence-electron chi connectivity index (χ2n) is 18.4. The fraction of sp³-hybridized carbons (Fsp3) is 0.460. The Hall–Kier alpha value is -6.96. The second-order valence-corrected chi connectivity index (χ2v) is 19.2. The van der Waals surface area contributed by atoms with Gasteiger partial charge in [0.15, 0.2) is 5.78 Å². The maximum atomic E-state index is 13.6. The van der Waals surface area contributed by atoms with Crippen molar-refractivity contribution < 1.29 is 33.2 Å². The summed E-state index contributed by atoms with van der Waals surface area (Å²) >= 11 is 1.28. The van der Waals surface area contributed by atoms with Crippen LogP contribution in [0.4, 0.5) is 21.8 Å². The second kappa shape index (κ2) is 21.4. The molecular formula is C50H58FN11O7S. The zero-order valence-electron chi connectivity index (χ0n) is 40.1. The van der Waals surface area contributed by atoms with E-state index in [1.165, 1.54) is 54.5 Å². The number of rotatable bonds is 16. The van der Waals surface area contributed by atoms with E-state index in [0.29, 0.717) is 78.6 Å². The van der Waals surface area contributed by atoms with Gasteiger partial charge in [-0.15, -0.1) is 11.3 Å². The number of fused-ring (bicyclic) bond motifs is 1. The Kier molecular flexibility index (Phi) is 15.1. The van der Waals surface area contributed by atoms with Crippen LogP contribution >= 0.6 is 11.3 Å². The molecule has 4 amide bonds. The summed E-state index contributed by atoms with van der Waals surface area (Å²) in [7, 11) is 1.53. The molecule has 20 heteroatoms. The highest BCUT2D eigenvalue weighted by Gasteiger charge is 2.36. The van der Waals surface area contributed by atoms with Crippen molar-refractivity contribution in [3.63, 3.8) is 0 Å². The van der Waals surface area contributed by atoms with Crippen molar-refractivity contribution >= 4 is 75.0 Å². The first kappa shape index (κ1) is 49.5. The topological polar surface area (TPSA) is 213 Å². The van der Waals surface area contributed by atoms with Gasteiger partial charge in [-0.1, -0.05) is 12.8 Å². The van der Waals surface area contributed by atoms with Crippen LogP contribution in [0, 0.1) is 12.7 Å². The zero-order valence-corrected chi connectivity index (χ0v) is 40.9. The first-order chi connectivity index (χ1) is 33.6. The molecule has 5 aromatic rings. The van der Waals surface area contributed by atoms with Gasteiger partial charge in [-0.05, 0) is 102 Å². The number of Topliss-reactive ketones (excluding diaryl/α,β-unsaturated/α-hetero) is 1. The van der Waals surface area contributed by atoms with Crippen molar-refractivity contribution in [3.8, 4) is 0 Å². The number of hydrogen-bond acceptors (Lipinski definition) is 14. The lowest BCUT2D eigenvalue weighted by atomic mass is 10.0. The van der Waals surface area contributed by atoms with Crippen LogP contribution in [0.1, 0.15) is 128 Å². The maximum absolute atomic E-state index is 13.6. The molecule has 4 aromatic heterocycles. The van der Waals surface area contributed by atoms with Gasteiger partial charge < -0.3 is 30.2 Å². The number of amides is 4. The summed E-state index contributed by atoms with van der Waals surface area (Å²) in [6.07, 6.45) is 9.03. The van der Waals surface area contributed by atoms with Gasteiger partial charge in [0.25, 0.3) is 5.56 Å². The number of likely N-dealkylation sites (N-methyl/N-ethyl adjacent to an activating group) is 1. The van der Waals surface area contributed by atoms with Crippen molar-refractivity contribution in [2.24, 2.45) is 0 Å². The molecule has 0 unspecified atom stereocenters. The number of carbonyl (C=O) groups excluding carboxylic acids is 6. The van der Waals surface area contributed by atoms with Crippen LogP contribution in [-0.4, -0.2) is 126 Å². The van der Waals surface area contributed by atoms with Crippen molar-refractivity contribution in [1.29, 1.82) is 0 Å². The van der Waals surface area contributed by atoms with E-state index in [1.807, 2.05) is 12.1 Å². The number of nitrogens with one attached hydrogen (secondary N) is 2. The number of ketones is 2. The molecule has 0 bridgehead atoms. The van der Waals surface area contributed by atoms with Gasteiger partial charge in [0.05, 0.1) is 23.5 Å². The van der Waals surface area contributed by atoms with E-state index in [1.54, 1.807) is 52.9 Å². The predicted molar refractivity (Wildman–Crippen MR) is 262 cm³/mol. The lowest BCUT2D eigenvalue weighted by molar-refractivity contribution is -0.141. The molecule has 368 valence electrons. The molecule has 18 nitrogen and oxygen atoms in total. The molecule has 1 saturated carbocycles. The molecule has 3 aliphatic rings. The Balaban J connectivity index is 0.768. The summed E-state index contributed by atoms with van der Waals surface area (Å²) in [6.45, 7) is 9.00. The summed E-state index contributed by atoms with van der Waals surface area (Å²) in [5.74, 6) is -1.40. The highest BCUT2D eigenvalue weighted by molar-refractivity contribution is 7.10. The molecule has 1 aromatic carbocycles. The maximum Gasteiger partial charge on any atom is 0.263 e. The van der Waals surface area contributed by atoms with Gasteiger partial charge in [-0.3, -0.25) is 38.1 Å². The number of aromatic nitrogens is 5. The number of thiazole rings is 1. The Morgan fingerprint density at radius 2 is 1.61 bits per heavy atom. The number of halogens is 1. The average molecular weight is 976 g/mol. The molecule has 3 fully saturated rings. The van der Waals surface area contributed by atoms with Gasteiger partial charge >= 0.3 is 0 Å². The van der Waals surface area contributed by atoms with Gasteiger partial charge in [0, 0.05) is 81.2 Å². The molecule has 2 saturated heterocycles. The third-order valence-corrected chi connectivity index (χ3v) is 14.7. The Morgan fingerprint density at radius 1 is 0.886 bits per heavy atom. The van der Waals surface area contributed by atoms with Gasteiger partial charge in [0.1, 0.15) is 40.1 Å². The van der Waals surface area contributed by atoms with E-state index in [0.717, 1.165) is 37.8 Å². The number of aryl methyl sites for hydroxylation is 1. The quantitative estimate of drug-likeness (QED) is 0.110.